The van der Waals surface area contributed by atoms with E-state index in [9.17, 15) is 18.0 Å². The lowest BCUT2D eigenvalue weighted by molar-refractivity contribution is -0.136. The van der Waals surface area contributed by atoms with E-state index >= 15 is 0 Å². The smallest absolute Gasteiger partial charge is 0.417 e. The van der Waals surface area contributed by atoms with Crippen LogP contribution in [0.15, 0.2) is 23.4 Å². The monoisotopic (exact) mass is 207 g/mol. The van der Waals surface area contributed by atoms with Crippen LogP contribution in [0.25, 0.3) is 0 Å². The Morgan fingerprint density at radius 1 is 1.57 bits per heavy atom. The maximum absolute atomic E-state index is 12.2. The van der Waals surface area contributed by atoms with Gasteiger partial charge in [-0.3, -0.25) is 0 Å². The number of dihydropyridines is 1. The molecule has 0 spiro atoms. The zero-order valence-corrected chi connectivity index (χ0v) is 7.31. The van der Waals surface area contributed by atoms with Crippen molar-refractivity contribution in [2.45, 2.75) is 6.18 Å². The van der Waals surface area contributed by atoms with Gasteiger partial charge in [-0.05, 0) is 6.08 Å². The third-order valence-corrected chi connectivity index (χ3v) is 1.65. The topological polar surface area (TPSA) is 38.3 Å². The van der Waals surface area contributed by atoms with E-state index in [1.807, 2.05) is 0 Å². The number of methoxy groups -OCH3 is 1. The number of allylic oxidation sites excluding steroid dienone is 2. The van der Waals surface area contributed by atoms with Gasteiger partial charge in [0.25, 0.3) is 0 Å². The van der Waals surface area contributed by atoms with Crippen molar-refractivity contribution >= 4 is 5.97 Å². The van der Waals surface area contributed by atoms with Crippen LogP contribution in [0, 0.1) is 0 Å². The van der Waals surface area contributed by atoms with E-state index in [1.54, 1.807) is 0 Å². The average molecular weight is 207 g/mol. The molecule has 0 unspecified atom stereocenters. The Labute approximate surface area is 78.2 Å². The van der Waals surface area contributed by atoms with Crippen molar-refractivity contribution in [3.63, 3.8) is 0 Å². The zero-order chi connectivity index (χ0) is 10.8. The summed E-state index contributed by atoms with van der Waals surface area (Å²) in [5.41, 5.74) is -0.925. The summed E-state index contributed by atoms with van der Waals surface area (Å²) in [6.07, 6.45) is -2.85. The van der Waals surface area contributed by atoms with Gasteiger partial charge in [-0.15, -0.1) is 0 Å². The highest BCUT2D eigenvalue weighted by Crippen LogP contribution is 2.28. The molecule has 0 radical (unpaired) electrons. The SMILES string of the molecule is COC(=O)C1=CC(C(F)(F)F)=CNC1. The third-order valence-electron chi connectivity index (χ3n) is 1.65. The van der Waals surface area contributed by atoms with E-state index in [2.05, 4.69) is 10.1 Å². The molecule has 0 amide bonds. The van der Waals surface area contributed by atoms with Gasteiger partial charge < -0.3 is 10.1 Å². The molecular weight excluding hydrogens is 199 g/mol. The standard InChI is InChI=1S/C8H8F3NO2/c1-14-7(13)5-2-6(4-12-3-5)8(9,10)11/h2,4,12H,3H2,1H3. The summed E-state index contributed by atoms with van der Waals surface area (Å²) < 4.78 is 40.8. The molecule has 0 bridgehead atoms. The van der Waals surface area contributed by atoms with Crippen molar-refractivity contribution in [2.24, 2.45) is 0 Å². The molecule has 78 valence electrons. The second-order valence-electron chi connectivity index (χ2n) is 2.64. The highest BCUT2D eigenvalue weighted by atomic mass is 19.4. The van der Waals surface area contributed by atoms with Crippen LogP contribution in [-0.2, 0) is 9.53 Å². The van der Waals surface area contributed by atoms with E-state index in [0.717, 1.165) is 19.4 Å². The van der Waals surface area contributed by atoms with Crippen molar-refractivity contribution in [2.75, 3.05) is 13.7 Å². The molecule has 0 aromatic heterocycles. The van der Waals surface area contributed by atoms with Crippen molar-refractivity contribution in [1.29, 1.82) is 0 Å². The Bertz CT molecular complexity index is 304. The molecule has 6 heteroatoms. The number of halogens is 3. The molecule has 0 atom stereocenters. The molecule has 14 heavy (non-hydrogen) atoms. The minimum atomic E-state index is -4.45. The summed E-state index contributed by atoms with van der Waals surface area (Å²) in [7, 11) is 1.12. The minimum absolute atomic E-state index is 0.0395. The zero-order valence-electron chi connectivity index (χ0n) is 7.31. The molecule has 1 heterocycles. The maximum Gasteiger partial charge on any atom is 0.417 e. The summed E-state index contributed by atoms with van der Waals surface area (Å²) in [5.74, 6) is -0.757. The minimum Gasteiger partial charge on any atom is -0.466 e. The highest BCUT2D eigenvalue weighted by Gasteiger charge is 2.34. The van der Waals surface area contributed by atoms with Crippen LogP contribution in [-0.4, -0.2) is 25.8 Å². The van der Waals surface area contributed by atoms with E-state index in [4.69, 9.17) is 0 Å². The first-order valence-electron chi connectivity index (χ1n) is 3.75. The molecule has 0 aliphatic carbocycles. The van der Waals surface area contributed by atoms with Crippen molar-refractivity contribution < 1.29 is 22.7 Å². The number of ether oxygens (including phenoxy) is 1. The van der Waals surface area contributed by atoms with Crippen LogP contribution in [0.2, 0.25) is 0 Å². The highest BCUT2D eigenvalue weighted by molar-refractivity contribution is 5.89. The number of carbonyl (C=O) groups excluding carboxylic acids is 1. The fourth-order valence-corrected chi connectivity index (χ4v) is 0.977. The van der Waals surface area contributed by atoms with Crippen LogP contribution in [0.1, 0.15) is 0 Å². The lowest BCUT2D eigenvalue weighted by atomic mass is 10.1. The summed E-state index contributed by atoms with van der Waals surface area (Å²) in [4.78, 5) is 10.9. The van der Waals surface area contributed by atoms with Gasteiger partial charge in [-0.25, -0.2) is 4.79 Å². The van der Waals surface area contributed by atoms with Crippen molar-refractivity contribution in [3.05, 3.63) is 23.4 Å². The van der Waals surface area contributed by atoms with E-state index in [0.29, 0.717) is 0 Å². The molecule has 0 fully saturated rings. The number of rotatable bonds is 1. The van der Waals surface area contributed by atoms with Gasteiger partial charge in [-0.1, -0.05) is 0 Å². The first kappa shape index (κ1) is 10.6. The van der Waals surface area contributed by atoms with Crippen LogP contribution < -0.4 is 5.32 Å². The normalized spacial score (nSPS) is 16.6. The van der Waals surface area contributed by atoms with E-state index in [1.165, 1.54) is 0 Å². The Morgan fingerprint density at radius 3 is 2.71 bits per heavy atom. The molecule has 1 aliphatic heterocycles. The molecular formula is C8H8F3NO2. The number of esters is 1. The molecule has 0 aromatic carbocycles. The van der Waals surface area contributed by atoms with Gasteiger partial charge in [0.15, 0.2) is 0 Å². The summed E-state index contributed by atoms with van der Waals surface area (Å²) in [5, 5.41) is 2.36. The number of carbonyl (C=O) groups is 1. The van der Waals surface area contributed by atoms with Gasteiger partial charge in [-0.2, -0.15) is 13.2 Å². The van der Waals surface area contributed by atoms with Crippen LogP contribution in [0.5, 0.6) is 0 Å². The van der Waals surface area contributed by atoms with Gasteiger partial charge in [0.05, 0.1) is 18.3 Å². The Kier molecular flexibility index (Phi) is 2.83. The van der Waals surface area contributed by atoms with Gasteiger partial charge in [0.2, 0.25) is 0 Å². The second kappa shape index (κ2) is 3.73. The van der Waals surface area contributed by atoms with Crippen LogP contribution in [0.3, 0.4) is 0 Å². The summed E-state index contributed by atoms with van der Waals surface area (Å²) in [6.45, 7) is 0.0479. The fraction of sp³-hybridized carbons (Fsp3) is 0.375. The number of hydrogen-bond acceptors (Lipinski definition) is 3. The molecule has 1 aliphatic rings. The Hall–Kier alpha value is -1.46. The van der Waals surface area contributed by atoms with Crippen molar-refractivity contribution in [1.82, 2.24) is 5.32 Å². The molecule has 3 nitrogen and oxygen atoms in total. The van der Waals surface area contributed by atoms with Crippen LogP contribution >= 0.6 is 0 Å². The van der Waals surface area contributed by atoms with Gasteiger partial charge in [0, 0.05) is 12.7 Å². The van der Waals surface area contributed by atoms with Crippen molar-refractivity contribution in [3.8, 4) is 0 Å². The molecule has 0 aromatic rings. The number of alkyl halides is 3. The summed E-state index contributed by atoms with van der Waals surface area (Å²) in [6, 6.07) is 0. The predicted octanol–water partition coefficient (Wildman–Crippen LogP) is 1.14. The number of hydrogen-bond donors (Lipinski definition) is 1. The third kappa shape index (κ3) is 2.27. The predicted molar refractivity (Wildman–Crippen MR) is 42.2 cm³/mol. The van der Waals surface area contributed by atoms with Gasteiger partial charge in [0.1, 0.15) is 0 Å². The first-order chi connectivity index (χ1) is 6.45. The molecule has 1 rings (SSSR count). The molecule has 0 saturated heterocycles. The van der Waals surface area contributed by atoms with Crippen LogP contribution in [0.4, 0.5) is 13.2 Å². The Morgan fingerprint density at radius 2 is 2.21 bits per heavy atom. The quantitative estimate of drug-likeness (QED) is 0.655. The van der Waals surface area contributed by atoms with E-state index in [-0.39, 0.29) is 12.1 Å². The average Bonchev–Trinajstić information content (AvgIpc) is 2.15. The second-order valence-corrected chi connectivity index (χ2v) is 2.64. The lowest BCUT2D eigenvalue weighted by Gasteiger charge is -2.15. The largest absolute Gasteiger partial charge is 0.466 e. The fourth-order valence-electron chi connectivity index (χ4n) is 0.977. The Balaban J connectivity index is 2.88. The summed E-state index contributed by atoms with van der Waals surface area (Å²) >= 11 is 0. The van der Waals surface area contributed by atoms with E-state index < -0.39 is 17.7 Å². The first-order valence-corrected chi connectivity index (χ1v) is 3.75. The number of nitrogens with one attached hydrogen (secondary N) is 1. The van der Waals surface area contributed by atoms with Gasteiger partial charge >= 0.3 is 12.1 Å². The molecule has 0 saturated carbocycles. The lowest BCUT2D eigenvalue weighted by Crippen LogP contribution is -2.25. The molecule has 1 N–H and O–H groups in total. The maximum atomic E-state index is 12.2.